The maximum absolute atomic E-state index is 12.1. The van der Waals surface area contributed by atoms with Crippen molar-refractivity contribution in [3.05, 3.63) is 65.7 Å². The number of aliphatic hydroxyl groups is 1. The zero-order valence-corrected chi connectivity index (χ0v) is 14.0. The molecule has 0 atom stereocenters. The first-order valence-electron chi connectivity index (χ1n) is 8.49. The monoisotopic (exact) mass is 338 g/mol. The van der Waals surface area contributed by atoms with E-state index in [9.17, 15) is 14.7 Å². The van der Waals surface area contributed by atoms with Gasteiger partial charge >= 0.3 is 11.8 Å². The molecule has 3 rings (SSSR count). The van der Waals surface area contributed by atoms with Gasteiger partial charge < -0.3 is 15.7 Å². The van der Waals surface area contributed by atoms with Crippen molar-refractivity contribution in [2.24, 2.45) is 0 Å². The Morgan fingerprint density at radius 2 is 1.64 bits per heavy atom. The Labute approximate surface area is 147 Å². The molecule has 1 aliphatic carbocycles. The summed E-state index contributed by atoms with van der Waals surface area (Å²) in [5.41, 5.74) is 1.84. The number of carbonyl (C=O) groups excluding carboxylic acids is 2. The lowest BCUT2D eigenvalue weighted by atomic mass is 9.80. The molecule has 1 saturated carbocycles. The number of rotatable bonds is 5. The van der Waals surface area contributed by atoms with Gasteiger partial charge in [-0.25, -0.2) is 0 Å². The number of hydrogen-bond donors (Lipinski definition) is 3. The molecule has 2 amide bonds. The second kappa shape index (κ2) is 7.49. The van der Waals surface area contributed by atoms with E-state index in [1.165, 1.54) is 0 Å². The molecule has 1 fully saturated rings. The molecule has 130 valence electrons. The van der Waals surface area contributed by atoms with Crippen LogP contribution in [0.1, 0.15) is 30.4 Å². The van der Waals surface area contributed by atoms with E-state index in [1.807, 2.05) is 48.5 Å². The van der Waals surface area contributed by atoms with Crippen molar-refractivity contribution in [1.82, 2.24) is 5.32 Å². The molecule has 0 spiro atoms. The van der Waals surface area contributed by atoms with Gasteiger partial charge in [0, 0.05) is 12.2 Å². The van der Waals surface area contributed by atoms with Gasteiger partial charge in [-0.2, -0.15) is 0 Å². The number of carbonyl (C=O) groups is 2. The van der Waals surface area contributed by atoms with Crippen LogP contribution in [-0.4, -0.2) is 29.1 Å². The molecule has 5 nitrogen and oxygen atoms in total. The van der Waals surface area contributed by atoms with Crippen LogP contribution in [0.15, 0.2) is 54.6 Å². The molecular formula is C20H22N2O3. The molecule has 0 aromatic heterocycles. The molecule has 25 heavy (non-hydrogen) atoms. The summed E-state index contributed by atoms with van der Waals surface area (Å²) in [6.45, 7) is 0.116. The van der Waals surface area contributed by atoms with Crippen LogP contribution >= 0.6 is 0 Å². The molecule has 2 aromatic carbocycles. The molecule has 0 bridgehead atoms. The Morgan fingerprint density at radius 1 is 0.960 bits per heavy atom. The Kier molecular flexibility index (Phi) is 5.14. The lowest BCUT2D eigenvalue weighted by Gasteiger charge is -2.36. The Morgan fingerprint density at radius 3 is 2.32 bits per heavy atom. The van der Waals surface area contributed by atoms with Crippen molar-refractivity contribution in [2.45, 2.75) is 31.3 Å². The highest BCUT2D eigenvalue weighted by Gasteiger charge is 2.35. The lowest BCUT2D eigenvalue weighted by Crippen LogP contribution is -2.49. The maximum atomic E-state index is 12.1. The van der Waals surface area contributed by atoms with Crippen LogP contribution in [-0.2, 0) is 16.0 Å². The van der Waals surface area contributed by atoms with Crippen LogP contribution in [0.2, 0.25) is 0 Å². The van der Waals surface area contributed by atoms with Crippen molar-refractivity contribution in [2.75, 3.05) is 11.9 Å². The van der Waals surface area contributed by atoms with Crippen LogP contribution in [0.5, 0.6) is 0 Å². The summed E-state index contributed by atoms with van der Waals surface area (Å²) >= 11 is 0. The summed E-state index contributed by atoms with van der Waals surface area (Å²) < 4.78 is 0. The Hall–Kier alpha value is -2.66. The van der Waals surface area contributed by atoms with Gasteiger partial charge in [-0.1, -0.05) is 48.5 Å². The normalized spacial score (nSPS) is 15.1. The molecule has 0 aliphatic heterocycles. The number of hydrogen-bond acceptors (Lipinski definition) is 3. The predicted octanol–water partition coefficient (Wildman–Crippen LogP) is 2.25. The molecule has 0 radical (unpaired) electrons. The van der Waals surface area contributed by atoms with E-state index in [0.717, 1.165) is 17.5 Å². The minimum Gasteiger partial charge on any atom is -0.388 e. The number of nitrogens with one attached hydrogen (secondary N) is 2. The topological polar surface area (TPSA) is 78.4 Å². The fourth-order valence-corrected chi connectivity index (χ4v) is 2.88. The van der Waals surface area contributed by atoms with E-state index in [1.54, 1.807) is 6.07 Å². The lowest BCUT2D eigenvalue weighted by molar-refractivity contribution is -0.137. The van der Waals surface area contributed by atoms with E-state index in [0.29, 0.717) is 24.9 Å². The van der Waals surface area contributed by atoms with Gasteiger partial charge in [-0.15, -0.1) is 0 Å². The number of amides is 2. The van der Waals surface area contributed by atoms with Crippen molar-refractivity contribution >= 4 is 17.5 Å². The maximum Gasteiger partial charge on any atom is 0.313 e. The summed E-state index contributed by atoms with van der Waals surface area (Å²) in [7, 11) is 0. The van der Waals surface area contributed by atoms with E-state index in [2.05, 4.69) is 10.6 Å². The highest BCUT2D eigenvalue weighted by atomic mass is 16.3. The van der Waals surface area contributed by atoms with E-state index in [-0.39, 0.29) is 6.54 Å². The average Bonchev–Trinajstić information content (AvgIpc) is 2.60. The third kappa shape index (κ3) is 4.45. The summed E-state index contributed by atoms with van der Waals surface area (Å²) in [6, 6.07) is 17.4. The van der Waals surface area contributed by atoms with Gasteiger partial charge in [0.15, 0.2) is 0 Å². The Bertz CT molecular complexity index is 755. The number of para-hydroxylation sites is 1. The van der Waals surface area contributed by atoms with Crippen molar-refractivity contribution in [3.8, 4) is 0 Å². The minimum atomic E-state index is -0.846. The first-order valence-corrected chi connectivity index (χ1v) is 8.49. The highest BCUT2D eigenvalue weighted by Crippen LogP contribution is 2.30. The van der Waals surface area contributed by atoms with Crippen molar-refractivity contribution in [3.63, 3.8) is 0 Å². The van der Waals surface area contributed by atoms with Gasteiger partial charge in [-0.3, -0.25) is 9.59 Å². The van der Waals surface area contributed by atoms with E-state index in [4.69, 9.17) is 0 Å². The molecule has 1 aliphatic rings. The van der Waals surface area contributed by atoms with Crippen LogP contribution in [0.25, 0.3) is 0 Å². The summed E-state index contributed by atoms with van der Waals surface area (Å²) in [5, 5.41) is 15.2. The second-order valence-corrected chi connectivity index (χ2v) is 6.53. The summed E-state index contributed by atoms with van der Waals surface area (Å²) in [4.78, 5) is 24.1. The predicted molar refractivity (Wildman–Crippen MR) is 96.1 cm³/mol. The number of anilines is 1. The molecule has 2 aromatic rings. The van der Waals surface area contributed by atoms with Gasteiger partial charge in [0.25, 0.3) is 0 Å². The van der Waals surface area contributed by atoms with E-state index >= 15 is 0 Å². The molecule has 5 heteroatoms. The van der Waals surface area contributed by atoms with Gasteiger partial charge in [-0.05, 0) is 42.9 Å². The minimum absolute atomic E-state index is 0.116. The van der Waals surface area contributed by atoms with Gasteiger partial charge in [0.05, 0.1) is 5.60 Å². The fourth-order valence-electron chi connectivity index (χ4n) is 2.88. The first kappa shape index (κ1) is 17.2. The number of benzene rings is 2. The first-order chi connectivity index (χ1) is 12.1. The van der Waals surface area contributed by atoms with Gasteiger partial charge in [0.1, 0.15) is 0 Å². The SMILES string of the molecule is O=C(NCC1(O)CCC1)C(=O)Nc1ccccc1Cc1ccccc1. The van der Waals surface area contributed by atoms with E-state index < -0.39 is 17.4 Å². The largest absolute Gasteiger partial charge is 0.388 e. The van der Waals surface area contributed by atoms with Crippen LogP contribution in [0, 0.1) is 0 Å². The van der Waals surface area contributed by atoms with Crippen LogP contribution in [0.4, 0.5) is 5.69 Å². The highest BCUT2D eigenvalue weighted by molar-refractivity contribution is 6.39. The fraction of sp³-hybridized carbons (Fsp3) is 0.300. The third-order valence-corrected chi connectivity index (χ3v) is 4.57. The Balaban J connectivity index is 1.62. The quantitative estimate of drug-likeness (QED) is 0.732. The molecule has 0 saturated heterocycles. The zero-order chi connectivity index (χ0) is 17.7. The average molecular weight is 338 g/mol. The standard InChI is InChI=1S/C20H22N2O3/c23-18(21-14-20(25)11-6-12-20)19(24)22-17-10-5-4-9-16(17)13-15-7-2-1-3-8-15/h1-5,7-10,25H,6,11-14H2,(H,21,23)(H,22,24). The summed E-state index contributed by atoms with van der Waals surface area (Å²) in [6.07, 6.45) is 2.94. The smallest absolute Gasteiger partial charge is 0.313 e. The summed E-state index contributed by atoms with van der Waals surface area (Å²) in [5.74, 6) is -1.45. The zero-order valence-electron chi connectivity index (χ0n) is 14.0. The van der Waals surface area contributed by atoms with Crippen LogP contribution in [0.3, 0.4) is 0 Å². The van der Waals surface area contributed by atoms with Crippen molar-refractivity contribution < 1.29 is 14.7 Å². The van der Waals surface area contributed by atoms with Crippen LogP contribution < -0.4 is 10.6 Å². The molecule has 0 unspecified atom stereocenters. The van der Waals surface area contributed by atoms with Gasteiger partial charge in [0.2, 0.25) is 0 Å². The molecule has 3 N–H and O–H groups in total. The third-order valence-electron chi connectivity index (χ3n) is 4.57. The molecular weight excluding hydrogens is 316 g/mol. The van der Waals surface area contributed by atoms with Crippen molar-refractivity contribution in [1.29, 1.82) is 0 Å². The second-order valence-electron chi connectivity index (χ2n) is 6.53. The molecule has 0 heterocycles.